The number of ketones is 1. The van der Waals surface area contributed by atoms with Crippen LogP contribution in [0.15, 0.2) is 53.9 Å². The SMILES string of the molecule is CCCCc1ccc(C(=O)c2csc3ccccc23)cc1. The molecule has 0 saturated heterocycles. The number of carbonyl (C=O) groups is 1. The zero-order valence-electron chi connectivity index (χ0n) is 12.1. The number of hydrogen-bond acceptors (Lipinski definition) is 2. The van der Waals surface area contributed by atoms with E-state index < -0.39 is 0 Å². The molecule has 0 N–H and O–H groups in total. The molecular weight excluding hydrogens is 276 g/mol. The first kappa shape index (κ1) is 14.0. The molecule has 1 aromatic heterocycles. The van der Waals surface area contributed by atoms with Crippen LogP contribution in [0.5, 0.6) is 0 Å². The van der Waals surface area contributed by atoms with E-state index in [9.17, 15) is 4.79 Å². The van der Waals surface area contributed by atoms with E-state index in [1.807, 2.05) is 35.7 Å². The molecule has 0 aliphatic rings. The first-order valence-electron chi connectivity index (χ1n) is 7.39. The van der Waals surface area contributed by atoms with Crippen molar-refractivity contribution >= 4 is 27.2 Å². The monoisotopic (exact) mass is 294 g/mol. The summed E-state index contributed by atoms with van der Waals surface area (Å²) in [5.74, 6) is 0.120. The van der Waals surface area contributed by atoms with Gasteiger partial charge in [0.05, 0.1) is 0 Å². The summed E-state index contributed by atoms with van der Waals surface area (Å²) in [6.07, 6.45) is 3.48. The molecule has 0 aliphatic carbocycles. The van der Waals surface area contributed by atoms with Gasteiger partial charge in [-0.2, -0.15) is 0 Å². The average Bonchev–Trinajstić information content (AvgIpc) is 2.97. The molecule has 0 saturated carbocycles. The molecule has 0 amide bonds. The van der Waals surface area contributed by atoms with Gasteiger partial charge in [-0.1, -0.05) is 55.8 Å². The Kier molecular flexibility index (Phi) is 4.16. The molecule has 0 fully saturated rings. The lowest BCUT2D eigenvalue weighted by atomic mass is 10.00. The Morgan fingerprint density at radius 2 is 1.81 bits per heavy atom. The van der Waals surface area contributed by atoms with Gasteiger partial charge in [0.2, 0.25) is 0 Å². The maximum absolute atomic E-state index is 12.7. The summed E-state index contributed by atoms with van der Waals surface area (Å²) in [4.78, 5) is 12.7. The van der Waals surface area contributed by atoms with Crippen molar-refractivity contribution in [3.05, 3.63) is 70.6 Å². The normalized spacial score (nSPS) is 10.9. The Morgan fingerprint density at radius 1 is 1.05 bits per heavy atom. The summed E-state index contributed by atoms with van der Waals surface area (Å²) in [6, 6.07) is 16.2. The predicted octanol–water partition coefficient (Wildman–Crippen LogP) is 5.47. The Hall–Kier alpha value is -1.93. The van der Waals surface area contributed by atoms with Gasteiger partial charge in [0.1, 0.15) is 0 Å². The van der Waals surface area contributed by atoms with Crippen LogP contribution in [0.3, 0.4) is 0 Å². The highest BCUT2D eigenvalue weighted by molar-refractivity contribution is 7.17. The maximum atomic E-state index is 12.7. The number of aryl methyl sites for hydroxylation is 1. The minimum absolute atomic E-state index is 0.120. The van der Waals surface area contributed by atoms with Gasteiger partial charge >= 0.3 is 0 Å². The van der Waals surface area contributed by atoms with E-state index in [4.69, 9.17) is 0 Å². The second kappa shape index (κ2) is 6.23. The third-order valence-corrected chi connectivity index (χ3v) is 4.72. The van der Waals surface area contributed by atoms with E-state index in [2.05, 4.69) is 25.1 Å². The zero-order valence-corrected chi connectivity index (χ0v) is 13.0. The van der Waals surface area contributed by atoms with E-state index in [1.54, 1.807) is 11.3 Å². The smallest absolute Gasteiger partial charge is 0.194 e. The highest BCUT2D eigenvalue weighted by atomic mass is 32.1. The van der Waals surface area contributed by atoms with Crippen molar-refractivity contribution in [2.75, 3.05) is 0 Å². The number of unbranched alkanes of at least 4 members (excludes halogenated alkanes) is 1. The lowest BCUT2D eigenvalue weighted by molar-refractivity contribution is 0.104. The third kappa shape index (κ3) is 2.91. The Morgan fingerprint density at radius 3 is 2.57 bits per heavy atom. The standard InChI is InChI=1S/C19H18OS/c1-2-3-6-14-9-11-15(12-10-14)19(20)17-13-21-18-8-5-4-7-16(17)18/h4-5,7-13H,2-3,6H2,1H3. The van der Waals surface area contributed by atoms with E-state index in [1.165, 1.54) is 23.1 Å². The van der Waals surface area contributed by atoms with Gasteiger partial charge in [0.15, 0.2) is 5.78 Å². The second-order valence-corrected chi connectivity index (χ2v) is 6.19. The van der Waals surface area contributed by atoms with Crippen LogP contribution < -0.4 is 0 Å². The van der Waals surface area contributed by atoms with Gasteiger partial charge in [-0.15, -0.1) is 11.3 Å². The molecule has 1 heterocycles. The van der Waals surface area contributed by atoms with Crippen LogP contribution in [-0.2, 0) is 6.42 Å². The maximum Gasteiger partial charge on any atom is 0.194 e. The van der Waals surface area contributed by atoms with E-state index in [0.29, 0.717) is 0 Å². The van der Waals surface area contributed by atoms with Gasteiger partial charge in [0, 0.05) is 26.6 Å². The van der Waals surface area contributed by atoms with Crippen LogP contribution >= 0.6 is 11.3 Å². The van der Waals surface area contributed by atoms with Gasteiger partial charge in [-0.05, 0) is 24.5 Å². The van der Waals surface area contributed by atoms with Gasteiger partial charge in [-0.3, -0.25) is 4.79 Å². The van der Waals surface area contributed by atoms with Crippen LogP contribution in [0, 0.1) is 0 Å². The van der Waals surface area contributed by atoms with Crippen LogP contribution in [0.1, 0.15) is 41.3 Å². The lowest BCUT2D eigenvalue weighted by Gasteiger charge is -2.03. The first-order chi connectivity index (χ1) is 10.3. The van der Waals surface area contributed by atoms with Crippen molar-refractivity contribution in [3.63, 3.8) is 0 Å². The number of carbonyl (C=O) groups excluding carboxylic acids is 1. The molecule has 3 aromatic rings. The Balaban J connectivity index is 1.88. The molecule has 0 atom stereocenters. The Labute approximate surface area is 129 Å². The minimum Gasteiger partial charge on any atom is -0.289 e. The number of benzene rings is 2. The van der Waals surface area contributed by atoms with E-state index in [0.717, 1.165) is 22.9 Å². The van der Waals surface area contributed by atoms with Crippen LogP contribution in [0.4, 0.5) is 0 Å². The summed E-state index contributed by atoms with van der Waals surface area (Å²) in [7, 11) is 0. The molecule has 2 heteroatoms. The topological polar surface area (TPSA) is 17.1 Å². The highest BCUT2D eigenvalue weighted by Crippen LogP contribution is 2.27. The molecule has 1 nitrogen and oxygen atoms in total. The van der Waals surface area contributed by atoms with Crippen molar-refractivity contribution in [2.45, 2.75) is 26.2 Å². The second-order valence-electron chi connectivity index (χ2n) is 5.28. The number of fused-ring (bicyclic) bond motifs is 1. The lowest BCUT2D eigenvalue weighted by Crippen LogP contribution is -2.00. The van der Waals surface area contributed by atoms with Crippen molar-refractivity contribution in [1.29, 1.82) is 0 Å². The van der Waals surface area contributed by atoms with Gasteiger partial charge in [-0.25, -0.2) is 0 Å². The molecule has 2 aromatic carbocycles. The van der Waals surface area contributed by atoms with Gasteiger partial charge in [0.25, 0.3) is 0 Å². The quantitative estimate of drug-likeness (QED) is 0.570. The first-order valence-corrected chi connectivity index (χ1v) is 8.27. The number of rotatable bonds is 5. The molecule has 0 spiro atoms. The molecule has 3 rings (SSSR count). The van der Waals surface area contributed by atoms with Gasteiger partial charge < -0.3 is 0 Å². The van der Waals surface area contributed by atoms with Crippen molar-refractivity contribution < 1.29 is 4.79 Å². The van der Waals surface area contributed by atoms with Crippen molar-refractivity contribution in [2.24, 2.45) is 0 Å². The zero-order chi connectivity index (χ0) is 14.7. The van der Waals surface area contributed by atoms with E-state index in [-0.39, 0.29) is 5.78 Å². The fourth-order valence-corrected chi connectivity index (χ4v) is 3.45. The van der Waals surface area contributed by atoms with Crippen LogP contribution in [0.2, 0.25) is 0 Å². The van der Waals surface area contributed by atoms with Crippen LogP contribution in [-0.4, -0.2) is 5.78 Å². The summed E-state index contributed by atoms with van der Waals surface area (Å²) < 4.78 is 1.17. The molecule has 0 unspecified atom stereocenters. The largest absolute Gasteiger partial charge is 0.289 e. The summed E-state index contributed by atoms with van der Waals surface area (Å²) in [5, 5.41) is 3.03. The fraction of sp³-hybridized carbons (Fsp3) is 0.211. The summed E-state index contributed by atoms with van der Waals surface area (Å²) in [5.41, 5.74) is 2.90. The number of thiophene rings is 1. The van der Waals surface area contributed by atoms with E-state index >= 15 is 0 Å². The molecule has 106 valence electrons. The van der Waals surface area contributed by atoms with Crippen molar-refractivity contribution in [1.82, 2.24) is 0 Å². The van der Waals surface area contributed by atoms with Crippen molar-refractivity contribution in [3.8, 4) is 0 Å². The van der Waals surface area contributed by atoms with Crippen LogP contribution in [0.25, 0.3) is 10.1 Å². The molecular formula is C19H18OS. The average molecular weight is 294 g/mol. The molecule has 0 aliphatic heterocycles. The number of hydrogen-bond donors (Lipinski definition) is 0. The predicted molar refractivity (Wildman–Crippen MR) is 90.3 cm³/mol. The third-order valence-electron chi connectivity index (χ3n) is 3.76. The summed E-state index contributed by atoms with van der Waals surface area (Å²) >= 11 is 1.63. The minimum atomic E-state index is 0.120. The fourth-order valence-electron chi connectivity index (χ4n) is 2.51. The Bertz CT molecular complexity index is 753. The molecule has 21 heavy (non-hydrogen) atoms. The molecule has 0 bridgehead atoms. The molecule has 0 radical (unpaired) electrons. The highest BCUT2D eigenvalue weighted by Gasteiger charge is 2.13. The summed E-state index contributed by atoms with van der Waals surface area (Å²) in [6.45, 7) is 2.19.